The van der Waals surface area contributed by atoms with Crippen LogP contribution in [0.4, 0.5) is 9.59 Å². The van der Waals surface area contributed by atoms with Gasteiger partial charge in [-0.3, -0.25) is 0 Å². The summed E-state index contributed by atoms with van der Waals surface area (Å²) in [5, 5.41) is 15.0. The van der Waals surface area contributed by atoms with Gasteiger partial charge in [-0.1, -0.05) is 74.5 Å². The molecule has 6 atom stereocenters. The van der Waals surface area contributed by atoms with E-state index in [9.17, 15) is 24.3 Å². The molecular formula is C36H50N2O8. The lowest BCUT2D eigenvalue weighted by atomic mass is 10.1. The van der Waals surface area contributed by atoms with Crippen molar-refractivity contribution in [2.45, 2.75) is 116 Å². The Hall–Kier alpha value is -4.08. The number of hydrogen-bond acceptors (Lipinski definition) is 7. The summed E-state index contributed by atoms with van der Waals surface area (Å²) in [7, 11) is 0. The number of aliphatic carboxylic acids is 1. The molecule has 0 bridgehead atoms. The molecule has 2 amide bonds. The van der Waals surface area contributed by atoms with Crippen molar-refractivity contribution < 1.29 is 38.5 Å². The molecule has 2 aromatic rings. The predicted octanol–water partition coefficient (Wildman–Crippen LogP) is 6.79. The van der Waals surface area contributed by atoms with Crippen molar-refractivity contribution in [1.29, 1.82) is 0 Å². The molecule has 2 fully saturated rings. The third-order valence-electron chi connectivity index (χ3n) is 8.02. The highest BCUT2D eigenvalue weighted by molar-refractivity contribution is 5.92. The van der Waals surface area contributed by atoms with Crippen LogP contribution in [0.1, 0.15) is 99.1 Å². The molecule has 3 N–H and O–H groups in total. The van der Waals surface area contributed by atoms with E-state index in [1.165, 1.54) is 0 Å². The van der Waals surface area contributed by atoms with E-state index in [1.54, 1.807) is 41.5 Å². The molecule has 10 heteroatoms. The molecule has 0 aromatic heterocycles. The highest BCUT2D eigenvalue weighted by Crippen LogP contribution is 2.59. The van der Waals surface area contributed by atoms with Gasteiger partial charge in [-0.15, -0.1) is 0 Å². The first-order chi connectivity index (χ1) is 21.0. The van der Waals surface area contributed by atoms with E-state index in [0.29, 0.717) is 0 Å². The first-order valence-corrected chi connectivity index (χ1v) is 15.6. The van der Waals surface area contributed by atoms with Crippen LogP contribution in [-0.4, -0.2) is 57.1 Å². The van der Waals surface area contributed by atoms with E-state index in [-0.39, 0.29) is 23.7 Å². The van der Waals surface area contributed by atoms with Gasteiger partial charge in [0.25, 0.3) is 0 Å². The molecule has 2 aliphatic carbocycles. The summed E-state index contributed by atoms with van der Waals surface area (Å²) in [6.07, 6.45) is -1.31. The fourth-order valence-corrected chi connectivity index (χ4v) is 5.98. The Morgan fingerprint density at radius 3 is 1.26 bits per heavy atom. The van der Waals surface area contributed by atoms with Crippen molar-refractivity contribution in [3.8, 4) is 0 Å². The quantitative estimate of drug-likeness (QED) is 0.232. The first kappa shape index (κ1) is 36.4. The van der Waals surface area contributed by atoms with E-state index in [4.69, 9.17) is 14.2 Å². The summed E-state index contributed by atoms with van der Waals surface area (Å²) in [5.74, 6) is -2.12. The zero-order valence-corrected chi connectivity index (χ0v) is 28.9. The van der Waals surface area contributed by atoms with Crippen LogP contribution >= 0.6 is 0 Å². The van der Waals surface area contributed by atoms with Crippen LogP contribution in [-0.2, 0) is 23.8 Å². The number of hydrogen-bond donors (Lipinski definition) is 3. The average molecular weight is 639 g/mol. The molecule has 252 valence electrons. The molecule has 2 aliphatic rings. The van der Waals surface area contributed by atoms with Gasteiger partial charge in [0, 0.05) is 23.7 Å². The second-order valence-corrected chi connectivity index (χ2v) is 15.2. The SMILES string of the molecule is CC1[C@H](c2ccccc2)[C@]1(NC(=O)OC(C)(C)C)C(=O)OC(C)(C)C.C[C@H]1C(c2ccccc2)[C@]1(NC(=O)OC(C)(C)C)C(=O)O. The Kier molecular flexibility index (Phi) is 10.3. The molecule has 10 nitrogen and oxygen atoms in total. The minimum Gasteiger partial charge on any atom is -0.479 e. The lowest BCUT2D eigenvalue weighted by Gasteiger charge is -2.27. The Balaban J connectivity index is 0.000000254. The smallest absolute Gasteiger partial charge is 0.408 e. The van der Waals surface area contributed by atoms with Gasteiger partial charge in [0.05, 0.1) is 0 Å². The summed E-state index contributed by atoms with van der Waals surface area (Å²) in [6.45, 7) is 19.8. The van der Waals surface area contributed by atoms with Crippen LogP contribution in [0.2, 0.25) is 0 Å². The summed E-state index contributed by atoms with van der Waals surface area (Å²) in [5.41, 5.74) is -2.42. The van der Waals surface area contributed by atoms with Gasteiger partial charge in [0.2, 0.25) is 0 Å². The molecule has 0 saturated heterocycles. The van der Waals surface area contributed by atoms with Crippen LogP contribution in [0.15, 0.2) is 60.7 Å². The monoisotopic (exact) mass is 638 g/mol. The van der Waals surface area contributed by atoms with Gasteiger partial charge in [0.15, 0.2) is 11.1 Å². The van der Waals surface area contributed by atoms with Crippen molar-refractivity contribution in [1.82, 2.24) is 10.6 Å². The number of esters is 1. The molecule has 2 aromatic carbocycles. The lowest BCUT2D eigenvalue weighted by molar-refractivity contribution is -0.159. The van der Waals surface area contributed by atoms with Gasteiger partial charge in [-0.2, -0.15) is 0 Å². The largest absolute Gasteiger partial charge is 0.479 e. The maximum atomic E-state index is 12.9. The zero-order chi connectivity index (χ0) is 34.9. The molecule has 2 saturated carbocycles. The van der Waals surface area contributed by atoms with E-state index in [1.807, 2.05) is 95.3 Å². The summed E-state index contributed by atoms with van der Waals surface area (Å²) in [6, 6.07) is 19.1. The molecule has 46 heavy (non-hydrogen) atoms. The second kappa shape index (κ2) is 13.0. The van der Waals surface area contributed by atoms with Gasteiger partial charge in [-0.25, -0.2) is 19.2 Å². The molecule has 2 unspecified atom stereocenters. The van der Waals surface area contributed by atoms with Gasteiger partial charge in [0.1, 0.15) is 16.8 Å². The van der Waals surface area contributed by atoms with Gasteiger partial charge < -0.3 is 30.0 Å². The Morgan fingerprint density at radius 1 is 0.587 bits per heavy atom. The number of carbonyl (C=O) groups excluding carboxylic acids is 3. The van der Waals surface area contributed by atoms with E-state index in [2.05, 4.69) is 10.6 Å². The number of benzene rings is 2. The van der Waals surface area contributed by atoms with Crippen molar-refractivity contribution in [3.05, 3.63) is 71.8 Å². The Morgan fingerprint density at radius 2 is 0.913 bits per heavy atom. The van der Waals surface area contributed by atoms with Crippen LogP contribution in [0.25, 0.3) is 0 Å². The molecule has 4 rings (SSSR count). The molecule has 0 heterocycles. The highest BCUT2D eigenvalue weighted by atomic mass is 16.6. The Bertz CT molecular complexity index is 1410. The van der Waals surface area contributed by atoms with Crippen LogP contribution in [0.5, 0.6) is 0 Å². The lowest BCUT2D eigenvalue weighted by Crippen LogP contribution is -2.50. The fraction of sp³-hybridized carbons (Fsp3) is 0.556. The minimum atomic E-state index is -1.29. The van der Waals surface area contributed by atoms with E-state index < -0.39 is 52.0 Å². The number of carbonyl (C=O) groups is 4. The average Bonchev–Trinajstić information content (AvgIpc) is 3.71. The number of nitrogens with one attached hydrogen (secondary N) is 2. The maximum absolute atomic E-state index is 12.9. The summed E-state index contributed by atoms with van der Waals surface area (Å²) in [4.78, 5) is 49.0. The molecule has 0 spiro atoms. The standard InChI is InChI=1S/C20H29NO4.C16H21NO4/c1-13-15(14-11-9-8-10-12-14)20(13,16(22)24-18(2,3)4)21-17(23)25-19(5,6)7;1-10-12(11-8-6-5-7-9-11)16(10,13(18)19)17-14(20)21-15(2,3)4/h8-13,15H,1-7H3,(H,21,23);5-10,12H,1-4H3,(H,17,20)(H,18,19)/t13?,15-,20+;10-,12?,16-/m10/s1. The minimum absolute atomic E-state index is 0.0859. The summed E-state index contributed by atoms with van der Waals surface area (Å²) >= 11 is 0. The van der Waals surface area contributed by atoms with Gasteiger partial charge in [-0.05, 0) is 73.4 Å². The molecule has 0 radical (unpaired) electrons. The fourth-order valence-electron chi connectivity index (χ4n) is 5.98. The molecular weight excluding hydrogens is 588 g/mol. The Labute approximate surface area is 272 Å². The highest BCUT2D eigenvalue weighted by Gasteiger charge is 2.71. The van der Waals surface area contributed by atoms with Crippen molar-refractivity contribution in [3.63, 3.8) is 0 Å². The van der Waals surface area contributed by atoms with Gasteiger partial charge >= 0.3 is 24.1 Å². The number of ether oxygens (including phenoxy) is 3. The number of carboxylic acid groups (broad SMARTS) is 1. The van der Waals surface area contributed by atoms with Crippen LogP contribution in [0, 0.1) is 11.8 Å². The van der Waals surface area contributed by atoms with Crippen molar-refractivity contribution in [2.24, 2.45) is 11.8 Å². The maximum Gasteiger partial charge on any atom is 0.408 e. The van der Waals surface area contributed by atoms with Crippen LogP contribution < -0.4 is 10.6 Å². The first-order valence-electron chi connectivity index (χ1n) is 15.6. The number of rotatable bonds is 6. The third-order valence-corrected chi connectivity index (χ3v) is 8.02. The predicted molar refractivity (Wildman–Crippen MR) is 174 cm³/mol. The third kappa shape index (κ3) is 8.39. The van der Waals surface area contributed by atoms with Crippen molar-refractivity contribution >= 4 is 24.1 Å². The van der Waals surface area contributed by atoms with Crippen LogP contribution in [0.3, 0.4) is 0 Å². The normalized spacial score (nSPS) is 26.8. The number of alkyl carbamates (subject to hydrolysis) is 2. The second-order valence-electron chi connectivity index (χ2n) is 15.2. The number of amides is 2. The van der Waals surface area contributed by atoms with E-state index in [0.717, 1.165) is 11.1 Å². The topological polar surface area (TPSA) is 140 Å². The number of carboxylic acids is 1. The van der Waals surface area contributed by atoms with E-state index >= 15 is 0 Å². The molecule has 0 aliphatic heterocycles. The summed E-state index contributed by atoms with van der Waals surface area (Å²) < 4.78 is 16.2. The zero-order valence-electron chi connectivity index (χ0n) is 28.9. The van der Waals surface area contributed by atoms with Crippen molar-refractivity contribution in [2.75, 3.05) is 0 Å².